The van der Waals surface area contributed by atoms with E-state index in [1.165, 1.54) is 5.56 Å². The minimum atomic E-state index is 0.623. The first-order valence-electron chi connectivity index (χ1n) is 8.43. The molecular formula is C18H25N5O. The van der Waals surface area contributed by atoms with E-state index >= 15 is 0 Å². The minimum Gasteiger partial charge on any atom is -0.379 e. The minimum absolute atomic E-state index is 0.623. The van der Waals surface area contributed by atoms with Crippen LogP contribution in [0.2, 0.25) is 0 Å². The summed E-state index contributed by atoms with van der Waals surface area (Å²) in [5.41, 5.74) is 3.14. The Labute approximate surface area is 143 Å². The molecule has 6 heteroatoms. The summed E-state index contributed by atoms with van der Waals surface area (Å²) in [6.45, 7) is 9.58. The van der Waals surface area contributed by atoms with E-state index in [1.54, 1.807) is 0 Å². The van der Waals surface area contributed by atoms with Gasteiger partial charge in [-0.1, -0.05) is 18.2 Å². The second kappa shape index (κ2) is 8.08. The first-order chi connectivity index (χ1) is 11.7. The largest absolute Gasteiger partial charge is 0.379 e. The molecule has 0 atom stereocenters. The van der Waals surface area contributed by atoms with Crippen molar-refractivity contribution in [2.24, 2.45) is 0 Å². The molecule has 0 spiro atoms. The maximum atomic E-state index is 5.37. The lowest BCUT2D eigenvalue weighted by Gasteiger charge is -2.26. The van der Waals surface area contributed by atoms with Gasteiger partial charge in [-0.15, -0.1) is 0 Å². The normalized spacial score (nSPS) is 15.2. The van der Waals surface area contributed by atoms with Crippen LogP contribution in [0.25, 0.3) is 0 Å². The Bertz CT molecular complexity index is 670. The highest BCUT2D eigenvalue weighted by molar-refractivity contribution is 5.59. The van der Waals surface area contributed by atoms with Crippen LogP contribution in [0, 0.1) is 13.8 Å². The molecule has 1 aromatic heterocycles. The molecule has 1 saturated heterocycles. The van der Waals surface area contributed by atoms with Gasteiger partial charge in [0.05, 0.1) is 13.2 Å². The Morgan fingerprint density at radius 1 is 1.12 bits per heavy atom. The molecule has 128 valence electrons. The maximum absolute atomic E-state index is 5.37. The lowest BCUT2D eigenvalue weighted by molar-refractivity contribution is 0.0398. The van der Waals surface area contributed by atoms with Crippen molar-refractivity contribution in [2.75, 3.05) is 50.0 Å². The number of aromatic nitrogens is 2. The highest BCUT2D eigenvalue weighted by Crippen LogP contribution is 2.19. The van der Waals surface area contributed by atoms with E-state index in [2.05, 4.69) is 38.5 Å². The average Bonchev–Trinajstić information content (AvgIpc) is 2.57. The van der Waals surface area contributed by atoms with Gasteiger partial charge in [0, 0.05) is 43.6 Å². The summed E-state index contributed by atoms with van der Waals surface area (Å²) in [5, 5.41) is 6.70. The molecular weight excluding hydrogens is 302 g/mol. The van der Waals surface area contributed by atoms with Gasteiger partial charge in [0.25, 0.3) is 0 Å². The quantitative estimate of drug-likeness (QED) is 0.850. The molecule has 2 aromatic rings. The third-order valence-corrected chi connectivity index (χ3v) is 4.08. The van der Waals surface area contributed by atoms with Gasteiger partial charge in [0.15, 0.2) is 0 Å². The van der Waals surface area contributed by atoms with E-state index in [-0.39, 0.29) is 0 Å². The number of hydrogen-bond donors (Lipinski definition) is 2. The highest BCUT2D eigenvalue weighted by Gasteiger charge is 2.10. The van der Waals surface area contributed by atoms with Crippen LogP contribution in [0.4, 0.5) is 17.5 Å². The summed E-state index contributed by atoms with van der Waals surface area (Å²) >= 11 is 0. The van der Waals surface area contributed by atoms with Crippen LogP contribution in [-0.2, 0) is 4.74 Å². The van der Waals surface area contributed by atoms with E-state index in [0.717, 1.165) is 56.6 Å². The van der Waals surface area contributed by atoms with Gasteiger partial charge in [-0.2, -0.15) is 4.98 Å². The third kappa shape index (κ3) is 4.66. The van der Waals surface area contributed by atoms with Gasteiger partial charge in [-0.25, -0.2) is 4.98 Å². The molecule has 6 nitrogen and oxygen atoms in total. The van der Waals surface area contributed by atoms with Crippen molar-refractivity contribution < 1.29 is 4.74 Å². The van der Waals surface area contributed by atoms with Crippen molar-refractivity contribution in [3.8, 4) is 0 Å². The van der Waals surface area contributed by atoms with Crippen molar-refractivity contribution in [3.05, 3.63) is 41.6 Å². The van der Waals surface area contributed by atoms with E-state index in [1.807, 2.05) is 31.2 Å². The number of anilines is 3. The molecule has 24 heavy (non-hydrogen) atoms. The van der Waals surface area contributed by atoms with E-state index in [0.29, 0.717) is 5.95 Å². The number of nitrogens with one attached hydrogen (secondary N) is 2. The monoisotopic (exact) mass is 327 g/mol. The predicted molar refractivity (Wildman–Crippen MR) is 97.0 cm³/mol. The molecule has 0 radical (unpaired) electrons. The van der Waals surface area contributed by atoms with Crippen molar-refractivity contribution in [3.63, 3.8) is 0 Å². The SMILES string of the molecule is Cc1cc(NCCN2CCOCC2)nc(Nc2ccccc2C)n1. The van der Waals surface area contributed by atoms with Crippen LogP contribution < -0.4 is 10.6 Å². The van der Waals surface area contributed by atoms with E-state index < -0.39 is 0 Å². The second-order valence-electron chi connectivity index (χ2n) is 6.04. The molecule has 0 saturated carbocycles. The van der Waals surface area contributed by atoms with Crippen molar-refractivity contribution >= 4 is 17.5 Å². The molecule has 2 N–H and O–H groups in total. The Morgan fingerprint density at radius 3 is 2.71 bits per heavy atom. The van der Waals surface area contributed by atoms with Gasteiger partial charge in [-0.3, -0.25) is 4.90 Å². The first kappa shape index (κ1) is 16.7. The lowest BCUT2D eigenvalue weighted by Crippen LogP contribution is -2.39. The topological polar surface area (TPSA) is 62.3 Å². The average molecular weight is 327 g/mol. The molecule has 2 heterocycles. The fraction of sp³-hybridized carbons (Fsp3) is 0.444. The molecule has 0 unspecified atom stereocenters. The Balaban J connectivity index is 1.60. The number of rotatable bonds is 6. The van der Waals surface area contributed by atoms with Gasteiger partial charge >= 0.3 is 0 Å². The fourth-order valence-corrected chi connectivity index (χ4v) is 2.72. The summed E-state index contributed by atoms with van der Waals surface area (Å²) in [6.07, 6.45) is 0. The van der Waals surface area contributed by atoms with Crippen LogP contribution >= 0.6 is 0 Å². The molecule has 1 fully saturated rings. The number of benzene rings is 1. The van der Waals surface area contributed by atoms with Gasteiger partial charge in [0.2, 0.25) is 5.95 Å². The molecule has 0 amide bonds. The zero-order valence-electron chi connectivity index (χ0n) is 14.4. The van der Waals surface area contributed by atoms with Crippen LogP contribution in [-0.4, -0.2) is 54.3 Å². The van der Waals surface area contributed by atoms with E-state index in [4.69, 9.17) is 4.74 Å². The molecule has 1 aromatic carbocycles. The number of para-hydroxylation sites is 1. The standard InChI is InChI=1S/C18H25N5O/c1-14-5-3-4-6-16(14)21-18-20-15(2)13-17(22-18)19-7-8-23-9-11-24-12-10-23/h3-6,13H,7-12H2,1-2H3,(H2,19,20,21,22). The number of morpholine rings is 1. The van der Waals surface area contributed by atoms with Gasteiger partial charge in [0.1, 0.15) is 5.82 Å². The summed E-state index contributed by atoms with van der Waals surface area (Å²) < 4.78 is 5.37. The summed E-state index contributed by atoms with van der Waals surface area (Å²) in [7, 11) is 0. The van der Waals surface area contributed by atoms with Gasteiger partial charge < -0.3 is 15.4 Å². The molecule has 0 aliphatic carbocycles. The summed E-state index contributed by atoms with van der Waals surface area (Å²) in [5.74, 6) is 1.48. The Kier molecular flexibility index (Phi) is 5.61. The van der Waals surface area contributed by atoms with Crippen LogP contribution in [0.5, 0.6) is 0 Å². The first-order valence-corrected chi connectivity index (χ1v) is 8.43. The highest BCUT2D eigenvalue weighted by atomic mass is 16.5. The fourth-order valence-electron chi connectivity index (χ4n) is 2.72. The Morgan fingerprint density at radius 2 is 1.92 bits per heavy atom. The van der Waals surface area contributed by atoms with Gasteiger partial charge in [-0.05, 0) is 25.5 Å². The lowest BCUT2D eigenvalue weighted by atomic mass is 10.2. The van der Waals surface area contributed by atoms with Crippen molar-refractivity contribution in [2.45, 2.75) is 13.8 Å². The number of ether oxygens (including phenoxy) is 1. The molecule has 1 aliphatic heterocycles. The summed E-state index contributed by atoms with van der Waals surface area (Å²) in [6, 6.07) is 10.1. The van der Waals surface area contributed by atoms with Crippen LogP contribution in [0.3, 0.4) is 0 Å². The third-order valence-electron chi connectivity index (χ3n) is 4.08. The number of hydrogen-bond acceptors (Lipinski definition) is 6. The van der Waals surface area contributed by atoms with E-state index in [9.17, 15) is 0 Å². The smallest absolute Gasteiger partial charge is 0.229 e. The predicted octanol–water partition coefficient (Wildman–Crippen LogP) is 2.58. The molecule has 1 aliphatic rings. The summed E-state index contributed by atoms with van der Waals surface area (Å²) in [4.78, 5) is 11.5. The zero-order valence-corrected chi connectivity index (χ0v) is 14.4. The number of aryl methyl sites for hydroxylation is 2. The molecule has 3 rings (SSSR count). The number of nitrogens with zero attached hydrogens (tertiary/aromatic N) is 3. The maximum Gasteiger partial charge on any atom is 0.229 e. The van der Waals surface area contributed by atoms with Crippen LogP contribution in [0.1, 0.15) is 11.3 Å². The molecule has 0 bridgehead atoms. The zero-order chi connectivity index (χ0) is 16.8. The Hall–Kier alpha value is -2.18. The van der Waals surface area contributed by atoms with Crippen LogP contribution in [0.15, 0.2) is 30.3 Å². The van der Waals surface area contributed by atoms with Crippen molar-refractivity contribution in [1.82, 2.24) is 14.9 Å². The van der Waals surface area contributed by atoms with Crippen molar-refractivity contribution in [1.29, 1.82) is 0 Å². The second-order valence-corrected chi connectivity index (χ2v) is 6.04.